The number of benzene rings is 1. The average molecular weight is 649 g/mol. The van der Waals surface area contributed by atoms with Crippen LogP contribution in [-0.2, 0) is 17.8 Å². The van der Waals surface area contributed by atoms with Crippen molar-refractivity contribution in [1.29, 1.82) is 0 Å². The number of nitrogens with zero attached hydrogens (tertiary/aromatic N) is 5. The third kappa shape index (κ3) is 6.67. The fourth-order valence-electron chi connectivity index (χ4n) is 4.92. The Morgan fingerprint density at radius 3 is 2.46 bits per heavy atom. The Kier molecular flexibility index (Phi) is 8.32. The number of carbonyl (C=O) groups is 2. The average Bonchev–Trinajstić information content (AvgIpc) is 3.32. The number of likely N-dealkylation sites (tertiary alicyclic amines) is 1. The van der Waals surface area contributed by atoms with Crippen molar-refractivity contribution >= 4 is 52.1 Å². The van der Waals surface area contributed by atoms with Crippen molar-refractivity contribution in [2.75, 3.05) is 57.4 Å². The lowest BCUT2D eigenvalue weighted by molar-refractivity contribution is 0.0342. The molecule has 3 fully saturated rings. The standard InChI is InChI=1S/C25H33IN10O3/c26-19-21(28)32-20(27)18(31-19)22(37)33-23-30-15-25(34-23)5-7-36(8-6-25)24(38)29-13-16-1-3-17(4-2-16)14-35-9-11-39-12-10-35/h1-4H,5-15H2,(H,29,38)(H4,27,28,32)(H2,30,33,34,37). The van der Waals surface area contributed by atoms with Gasteiger partial charge < -0.3 is 37.1 Å². The molecule has 3 saturated heterocycles. The molecule has 0 aliphatic carbocycles. The van der Waals surface area contributed by atoms with Gasteiger partial charge in [0.05, 0.1) is 18.8 Å². The molecule has 14 heteroatoms. The molecule has 1 spiro atoms. The van der Waals surface area contributed by atoms with E-state index < -0.39 is 5.91 Å². The van der Waals surface area contributed by atoms with Gasteiger partial charge in [-0.2, -0.15) is 4.99 Å². The Hall–Kier alpha value is -3.24. The van der Waals surface area contributed by atoms with Gasteiger partial charge in [0, 0.05) is 45.8 Å². The van der Waals surface area contributed by atoms with Crippen molar-refractivity contribution in [3.05, 3.63) is 44.8 Å². The second kappa shape index (κ2) is 11.9. The maximum atomic E-state index is 12.8. The molecule has 0 atom stereocenters. The lowest BCUT2D eigenvalue weighted by Gasteiger charge is -2.38. The van der Waals surface area contributed by atoms with Crippen LogP contribution in [0.15, 0.2) is 29.3 Å². The van der Waals surface area contributed by atoms with Crippen LogP contribution < -0.4 is 27.4 Å². The minimum absolute atomic E-state index is 0.0381. The second-order valence-electron chi connectivity index (χ2n) is 10.0. The number of rotatable bonds is 5. The van der Waals surface area contributed by atoms with Gasteiger partial charge in [-0.05, 0) is 46.6 Å². The number of guanidine groups is 1. The Morgan fingerprint density at radius 2 is 1.74 bits per heavy atom. The number of hydrogen-bond donors (Lipinski definition) is 5. The minimum Gasteiger partial charge on any atom is -0.382 e. The molecule has 3 aliphatic heterocycles. The van der Waals surface area contributed by atoms with E-state index in [4.69, 9.17) is 16.2 Å². The van der Waals surface area contributed by atoms with E-state index in [-0.39, 0.29) is 28.9 Å². The highest BCUT2D eigenvalue weighted by molar-refractivity contribution is 14.1. The molecule has 1 aromatic heterocycles. The fraction of sp³-hybridized carbons (Fsp3) is 0.480. The van der Waals surface area contributed by atoms with E-state index in [1.165, 1.54) is 5.56 Å². The number of halogens is 1. The molecule has 0 bridgehead atoms. The van der Waals surface area contributed by atoms with Crippen LogP contribution in [0, 0.1) is 3.70 Å². The lowest BCUT2D eigenvalue weighted by atomic mass is 9.89. The van der Waals surface area contributed by atoms with Crippen LogP contribution in [-0.4, -0.2) is 89.1 Å². The number of aromatic nitrogens is 2. The van der Waals surface area contributed by atoms with Gasteiger partial charge in [0.1, 0.15) is 3.70 Å². The van der Waals surface area contributed by atoms with Crippen LogP contribution in [0.25, 0.3) is 0 Å². The summed E-state index contributed by atoms with van der Waals surface area (Å²) in [5.74, 6) is -0.126. The van der Waals surface area contributed by atoms with E-state index in [1.54, 1.807) is 0 Å². The molecule has 208 valence electrons. The van der Waals surface area contributed by atoms with E-state index in [0.717, 1.165) is 51.3 Å². The molecule has 0 unspecified atom stereocenters. The number of nitrogen functional groups attached to an aromatic ring is 2. The molecule has 3 amide bonds. The minimum atomic E-state index is -0.601. The van der Waals surface area contributed by atoms with Gasteiger partial charge in [0.15, 0.2) is 23.3 Å². The number of amides is 3. The molecule has 13 nitrogen and oxygen atoms in total. The van der Waals surface area contributed by atoms with Crippen molar-refractivity contribution < 1.29 is 14.3 Å². The van der Waals surface area contributed by atoms with E-state index in [1.807, 2.05) is 27.5 Å². The molecule has 7 N–H and O–H groups in total. The summed E-state index contributed by atoms with van der Waals surface area (Å²) in [6, 6.07) is 8.31. The number of nitrogens with one attached hydrogen (secondary N) is 3. The molecule has 5 rings (SSSR count). The van der Waals surface area contributed by atoms with Crippen molar-refractivity contribution in [3.8, 4) is 0 Å². The van der Waals surface area contributed by atoms with Crippen molar-refractivity contribution in [1.82, 2.24) is 35.7 Å². The Balaban J connectivity index is 1.08. The molecular formula is C25H33IN10O3. The highest BCUT2D eigenvalue weighted by atomic mass is 127. The zero-order valence-corrected chi connectivity index (χ0v) is 23.7. The number of nitrogens with two attached hydrogens (primary N) is 2. The second-order valence-corrected chi connectivity index (χ2v) is 11.0. The van der Waals surface area contributed by atoms with Crippen LogP contribution in [0.1, 0.15) is 34.5 Å². The number of aliphatic imine (C=N–C) groups is 1. The molecular weight excluding hydrogens is 615 g/mol. The summed E-state index contributed by atoms with van der Waals surface area (Å²) in [6.45, 7) is 6.68. The first-order valence-electron chi connectivity index (χ1n) is 12.9. The van der Waals surface area contributed by atoms with Crippen molar-refractivity contribution in [3.63, 3.8) is 0 Å². The maximum absolute atomic E-state index is 12.8. The van der Waals surface area contributed by atoms with Crippen LogP contribution in [0.4, 0.5) is 16.4 Å². The van der Waals surface area contributed by atoms with Gasteiger partial charge >= 0.3 is 11.9 Å². The van der Waals surface area contributed by atoms with Gasteiger partial charge in [-0.25, -0.2) is 14.8 Å². The predicted molar refractivity (Wildman–Crippen MR) is 155 cm³/mol. The number of morpholine rings is 1. The predicted octanol–water partition coefficient (Wildman–Crippen LogP) is 0.511. The topological polar surface area (TPSA) is 176 Å². The van der Waals surface area contributed by atoms with Crippen LogP contribution in [0.3, 0.4) is 0 Å². The van der Waals surface area contributed by atoms with E-state index in [9.17, 15) is 9.59 Å². The molecule has 0 radical (unpaired) electrons. The summed E-state index contributed by atoms with van der Waals surface area (Å²) in [5, 5.41) is 9.53. The SMILES string of the molecule is Nc1nc(N)c(C(=O)/N=C2\NCC3(CCN(C(=O)NCc4ccc(CN5CCOCC5)cc4)CC3)N2)nc1I. The molecule has 0 saturated carbocycles. The fourth-order valence-corrected chi connectivity index (χ4v) is 5.28. The molecule has 3 aliphatic rings. The highest BCUT2D eigenvalue weighted by Gasteiger charge is 2.40. The van der Waals surface area contributed by atoms with Crippen LogP contribution in [0.2, 0.25) is 0 Å². The quantitative estimate of drug-likeness (QED) is 0.287. The summed E-state index contributed by atoms with van der Waals surface area (Å²) >= 11 is 1.89. The van der Waals surface area contributed by atoms with Gasteiger partial charge in [-0.15, -0.1) is 0 Å². The number of carbonyl (C=O) groups excluding carboxylic acids is 2. The van der Waals surface area contributed by atoms with Gasteiger partial charge in [-0.3, -0.25) is 9.69 Å². The largest absolute Gasteiger partial charge is 0.382 e. The van der Waals surface area contributed by atoms with E-state index in [2.05, 4.69) is 60.1 Å². The third-order valence-corrected chi connectivity index (χ3v) is 8.08. The molecule has 4 heterocycles. The van der Waals surface area contributed by atoms with Crippen molar-refractivity contribution in [2.24, 2.45) is 4.99 Å². The van der Waals surface area contributed by atoms with Crippen LogP contribution >= 0.6 is 22.6 Å². The summed E-state index contributed by atoms with van der Waals surface area (Å²) in [5.41, 5.74) is 13.5. The van der Waals surface area contributed by atoms with Crippen LogP contribution in [0.5, 0.6) is 0 Å². The summed E-state index contributed by atoms with van der Waals surface area (Å²) < 4.78 is 5.80. The number of piperidine rings is 1. The Morgan fingerprint density at radius 1 is 1.05 bits per heavy atom. The Labute approximate surface area is 240 Å². The van der Waals surface area contributed by atoms with Gasteiger partial charge in [0.25, 0.3) is 0 Å². The first-order valence-corrected chi connectivity index (χ1v) is 14.0. The number of urea groups is 1. The summed E-state index contributed by atoms with van der Waals surface area (Å²) in [4.78, 5) is 41.8. The lowest BCUT2D eigenvalue weighted by Crippen LogP contribution is -2.55. The zero-order valence-electron chi connectivity index (χ0n) is 21.6. The van der Waals surface area contributed by atoms with E-state index >= 15 is 0 Å². The monoisotopic (exact) mass is 648 g/mol. The number of anilines is 2. The maximum Gasteiger partial charge on any atom is 0.317 e. The smallest absolute Gasteiger partial charge is 0.317 e. The molecule has 39 heavy (non-hydrogen) atoms. The number of ether oxygens (including phenoxy) is 1. The molecule has 1 aromatic carbocycles. The highest BCUT2D eigenvalue weighted by Crippen LogP contribution is 2.25. The van der Waals surface area contributed by atoms with Crippen molar-refractivity contribution in [2.45, 2.75) is 31.5 Å². The Bertz CT molecular complexity index is 1240. The molecule has 2 aromatic rings. The summed E-state index contributed by atoms with van der Waals surface area (Å²) in [7, 11) is 0. The normalized spacial score (nSPS) is 20.0. The van der Waals surface area contributed by atoms with Gasteiger partial charge in [-0.1, -0.05) is 24.3 Å². The van der Waals surface area contributed by atoms with Gasteiger partial charge in [0.2, 0.25) is 0 Å². The van der Waals surface area contributed by atoms with E-state index in [0.29, 0.717) is 35.8 Å². The number of hydrogen-bond acceptors (Lipinski definition) is 8. The first kappa shape index (κ1) is 27.3. The first-order chi connectivity index (χ1) is 18.8. The summed E-state index contributed by atoms with van der Waals surface area (Å²) in [6.07, 6.45) is 1.44. The zero-order chi connectivity index (χ0) is 27.4. The third-order valence-electron chi connectivity index (χ3n) is 7.28.